The van der Waals surface area contributed by atoms with Gasteiger partial charge < -0.3 is 24.4 Å². The van der Waals surface area contributed by atoms with Crippen LogP contribution in [-0.4, -0.2) is 53.4 Å². The van der Waals surface area contributed by atoms with Gasteiger partial charge in [-0.2, -0.15) is 0 Å². The maximum atomic E-state index is 13.2. The number of esters is 2. The highest BCUT2D eigenvalue weighted by molar-refractivity contribution is 6.02. The largest absolute Gasteiger partial charge is 0.504 e. The Morgan fingerprint density at radius 1 is 1.09 bits per heavy atom. The Bertz CT molecular complexity index is 858. The summed E-state index contributed by atoms with van der Waals surface area (Å²) in [6.45, 7) is 11.2. The van der Waals surface area contributed by atoms with E-state index in [1.54, 1.807) is 6.92 Å². The minimum atomic E-state index is -1.74. The predicted octanol–water partition coefficient (Wildman–Crippen LogP) is 3.23. The quantitative estimate of drug-likeness (QED) is 0.422. The molecule has 1 aliphatic rings. The van der Waals surface area contributed by atoms with Crippen LogP contribution in [-0.2, 0) is 23.9 Å². The number of ether oxygens (including phenoxy) is 3. The first kappa shape index (κ1) is 26.6. The molecule has 4 atom stereocenters. The van der Waals surface area contributed by atoms with Crippen LogP contribution in [0.25, 0.3) is 0 Å². The maximum absolute atomic E-state index is 13.2. The summed E-state index contributed by atoms with van der Waals surface area (Å²) >= 11 is 0. The number of carbonyl (C=O) groups is 3. The van der Waals surface area contributed by atoms with Gasteiger partial charge in [0.05, 0.1) is 31.3 Å². The van der Waals surface area contributed by atoms with E-state index in [9.17, 15) is 24.6 Å². The van der Waals surface area contributed by atoms with E-state index in [0.717, 1.165) is 0 Å². The molecule has 0 heterocycles. The Morgan fingerprint density at radius 2 is 1.67 bits per heavy atom. The standard InChI is InChI=1S/C25H36O8/c1-7-31-19-10-16(8-9-17(19)26)20-21(23(28)32-12-14(2)3)18(27)11-25(6,30)22(20)24(29)33-13-15(4)5/h8-10,14-15,20-22,26,30H,7,11-13H2,1-6H3/t20-,21-,22-,25-/m1/s1. The van der Waals surface area contributed by atoms with Gasteiger partial charge in [-0.1, -0.05) is 33.8 Å². The van der Waals surface area contributed by atoms with Crippen molar-refractivity contribution in [2.45, 2.75) is 59.5 Å². The molecule has 0 spiro atoms. The molecular formula is C25H36O8. The number of Topliss-reactive ketones (excluding diaryl/α,β-unsaturated/α-hetero) is 1. The first-order valence-corrected chi connectivity index (χ1v) is 11.4. The minimum Gasteiger partial charge on any atom is -0.504 e. The van der Waals surface area contributed by atoms with Crippen molar-refractivity contribution in [3.63, 3.8) is 0 Å². The van der Waals surface area contributed by atoms with E-state index < -0.39 is 41.1 Å². The van der Waals surface area contributed by atoms with Gasteiger partial charge in [-0.25, -0.2) is 0 Å². The van der Waals surface area contributed by atoms with Crippen LogP contribution in [0.15, 0.2) is 18.2 Å². The molecule has 184 valence electrons. The molecule has 33 heavy (non-hydrogen) atoms. The summed E-state index contributed by atoms with van der Waals surface area (Å²) in [4.78, 5) is 39.4. The van der Waals surface area contributed by atoms with Crippen LogP contribution in [0.2, 0.25) is 0 Å². The minimum absolute atomic E-state index is 0.0548. The Balaban J connectivity index is 2.60. The Kier molecular flexibility index (Phi) is 8.89. The molecule has 1 aromatic carbocycles. The van der Waals surface area contributed by atoms with Crippen LogP contribution >= 0.6 is 0 Å². The number of aliphatic hydroxyl groups is 1. The molecule has 2 N–H and O–H groups in total. The lowest BCUT2D eigenvalue weighted by Crippen LogP contribution is -2.55. The highest BCUT2D eigenvalue weighted by Gasteiger charge is 2.57. The van der Waals surface area contributed by atoms with Gasteiger partial charge >= 0.3 is 11.9 Å². The molecule has 8 nitrogen and oxygen atoms in total. The normalized spacial score (nSPS) is 25.2. The second kappa shape index (κ2) is 11.0. The van der Waals surface area contributed by atoms with Gasteiger partial charge in [0.1, 0.15) is 5.92 Å². The summed E-state index contributed by atoms with van der Waals surface area (Å²) in [6.07, 6.45) is -0.386. The van der Waals surface area contributed by atoms with E-state index in [1.807, 2.05) is 27.7 Å². The first-order chi connectivity index (χ1) is 15.4. The summed E-state index contributed by atoms with van der Waals surface area (Å²) in [6, 6.07) is 4.38. The number of hydrogen-bond acceptors (Lipinski definition) is 8. The number of carbonyl (C=O) groups excluding carboxylic acids is 3. The van der Waals surface area contributed by atoms with Crippen LogP contribution in [0.5, 0.6) is 11.5 Å². The van der Waals surface area contributed by atoms with Crippen LogP contribution < -0.4 is 4.74 Å². The first-order valence-electron chi connectivity index (χ1n) is 11.4. The van der Waals surface area contributed by atoms with Crippen molar-refractivity contribution in [2.75, 3.05) is 19.8 Å². The lowest BCUT2D eigenvalue weighted by molar-refractivity contribution is -0.174. The predicted molar refractivity (Wildman–Crippen MR) is 121 cm³/mol. The van der Waals surface area contributed by atoms with E-state index in [-0.39, 0.29) is 49.6 Å². The molecule has 8 heteroatoms. The van der Waals surface area contributed by atoms with Crippen LogP contribution in [0.3, 0.4) is 0 Å². The number of rotatable bonds is 9. The smallest absolute Gasteiger partial charge is 0.317 e. The average molecular weight is 465 g/mol. The van der Waals surface area contributed by atoms with E-state index in [1.165, 1.54) is 25.1 Å². The van der Waals surface area contributed by atoms with Crippen LogP contribution in [0.1, 0.15) is 59.4 Å². The third-order valence-electron chi connectivity index (χ3n) is 5.56. The van der Waals surface area contributed by atoms with E-state index in [0.29, 0.717) is 5.56 Å². The molecule has 0 amide bonds. The molecule has 0 saturated heterocycles. The highest BCUT2D eigenvalue weighted by atomic mass is 16.5. The van der Waals surface area contributed by atoms with Crippen molar-refractivity contribution in [2.24, 2.45) is 23.7 Å². The number of aromatic hydroxyl groups is 1. The van der Waals surface area contributed by atoms with Crippen molar-refractivity contribution in [3.05, 3.63) is 23.8 Å². The molecular weight excluding hydrogens is 428 g/mol. The van der Waals surface area contributed by atoms with Gasteiger partial charge in [0.2, 0.25) is 0 Å². The number of ketones is 1. The molecule has 1 aromatic rings. The van der Waals surface area contributed by atoms with Gasteiger partial charge in [0, 0.05) is 12.3 Å². The summed E-state index contributed by atoms with van der Waals surface area (Å²) < 4.78 is 16.3. The fourth-order valence-corrected chi connectivity index (χ4v) is 4.10. The number of phenolic OH excluding ortho intramolecular Hbond substituents is 1. The summed E-state index contributed by atoms with van der Waals surface area (Å²) in [5, 5.41) is 21.3. The van der Waals surface area contributed by atoms with Crippen molar-refractivity contribution in [1.29, 1.82) is 0 Å². The number of benzene rings is 1. The lowest BCUT2D eigenvalue weighted by atomic mass is 9.61. The zero-order valence-electron chi connectivity index (χ0n) is 20.3. The molecule has 0 aliphatic heterocycles. The Morgan fingerprint density at radius 3 is 2.21 bits per heavy atom. The van der Waals surface area contributed by atoms with E-state index in [2.05, 4.69) is 0 Å². The Labute approximate surface area is 195 Å². The molecule has 0 radical (unpaired) electrons. The fraction of sp³-hybridized carbons (Fsp3) is 0.640. The average Bonchev–Trinajstić information content (AvgIpc) is 2.70. The molecule has 1 saturated carbocycles. The van der Waals surface area contributed by atoms with Crippen molar-refractivity contribution >= 4 is 17.7 Å². The summed E-state index contributed by atoms with van der Waals surface area (Å²) in [7, 11) is 0. The van der Waals surface area contributed by atoms with Crippen molar-refractivity contribution in [3.8, 4) is 11.5 Å². The zero-order chi connectivity index (χ0) is 24.9. The summed E-state index contributed by atoms with van der Waals surface area (Å²) in [5.74, 6) is -5.38. The Hall–Kier alpha value is -2.61. The van der Waals surface area contributed by atoms with Gasteiger partial charge in [-0.05, 0) is 43.4 Å². The van der Waals surface area contributed by atoms with Gasteiger partial charge in [-0.15, -0.1) is 0 Å². The monoisotopic (exact) mass is 464 g/mol. The third-order valence-corrected chi connectivity index (χ3v) is 5.56. The second-order valence-electron chi connectivity index (χ2n) is 9.69. The fourth-order valence-electron chi connectivity index (χ4n) is 4.10. The van der Waals surface area contributed by atoms with Gasteiger partial charge in [0.15, 0.2) is 17.3 Å². The van der Waals surface area contributed by atoms with E-state index in [4.69, 9.17) is 14.2 Å². The second-order valence-corrected chi connectivity index (χ2v) is 9.69. The van der Waals surface area contributed by atoms with Crippen molar-refractivity contribution < 1.29 is 38.8 Å². The topological polar surface area (TPSA) is 119 Å². The lowest BCUT2D eigenvalue weighted by Gasteiger charge is -2.43. The molecule has 0 bridgehead atoms. The molecule has 1 fully saturated rings. The van der Waals surface area contributed by atoms with E-state index >= 15 is 0 Å². The third kappa shape index (κ3) is 6.47. The van der Waals surface area contributed by atoms with Crippen molar-refractivity contribution in [1.82, 2.24) is 0 Å². The van der Waals surface area contributed by atoms with Crippen LogP contribution in [0, 0.1) is 23.7 Å². The highest BCUT2D eigenvalue weighted by Crippen LogP contribution is 2.48. The number of hydrogen-bond donors (Lipinski definition) is 2. The molecule has 0 aromatic heterocycles. The number of phenols is 1. The molecule has 0 unspecified atom stereocenters. The molecule has 1 aliphatic carbocycles. The SMILES string of the molecule is CCOc1cc([C@@H]2[C@H](C(=O)OCC(C)C)C(=O)C[C@@](C)(O)[C@H]2C(=O)OCC(C)C)ccc1O. The summed E-state index contributed by atoms with van der Waals surface area (Å²) in [5.41, 5.74) is -1.35. The van der Waals surface area contributed by atoms with Gasteiger partial charge in [0.25, 0.3) is 0 Å². The molecule has 2 rings (SSSR count). The van der Waals surface area contributed by atoms with Gasteiger partial charge in [-0.3, -0.25) is 14.4 Å². The zero-order valence-corrected chi connectivity index (χ0v) is 20.3. The van der Waals surface area contributed by atoms with Crippen LogP contribution in [0.4, 0.5) is 0 Å². The maximum Gasteiger partial charge on any atom is 0.317 e.